The van der Waals surface area contributed by atoms with Gasteiger partial charge in [0.05, 0.1) is 34.2 Å². The van der Waals surface area contributed by atoms with E-state index in [1.165, 1.54) is 0 Å². The van der Waals surface area contributed by atoms with Gasteiger partial charge in [0.25, 0.3) is 0 Å². The number of aromatic nitrogens is 5. The molecule has 45 heavy (non-hydrogen) atoms. The first-order valence-electron chi connectivity index (χ1n) is 15.2. The summed E-state index contributed by atoms with van der Waals surface area (Å²) in [6.07, 6.45) is 7.71. The first kappa shape index (κ1) is 28.4. The maximum atomic E-state index is 16.9. The van der Waals surface area contributed by atoms with Crippen molar-refractivity contribution in [2.24, 2.45) is 0 Å². The fraction of sp³-hybridized carbons (Fsp3) is 0.452. The Bertz CT molecular complexity index is 1850. The zero-order chi connectivity index (χ0) is 30.7. The zero-order valence-corrected chi connectivity index (χ0v) is 25.0. The van der Waals surface area contributed by atoms with Gasteiger partial charge in [-0.3, -0.25) is 15.0 Å². The van der Waals surface area contributed by atoms with Crippen LogP contribution in [0.5, 0.6) is 6.01 Å². The second-order valence-corrected chi connectivity index (χ2v) is 12.6. The van der Waals surface area contributed by atoms with Gasteiger partial charge in [-0.15, -0.1) is 0 Å². The number of halogens is 3. The molecule has 9 rings (SSSR count). The molecule has 4 aromatic rings. The van der Waals surface area contributed by atoms with Crippen LogP contribution in [0.25, 0.3) is 39.1 Å². The maximum absolute atomic E-state index is 16.9. The molecule has 0 radical (unpaired) electrons. The Kier molecular flexibility index (Phi) is 6.97. The fourth-order valence-electron chi connectivity index (χ4n) is 7.32. The fourth-order valence-corrected chi connectivity index (χ4v) is 7.59. The number of pyridine rings is 1. The number of hydrogen-bond acceptors (Lipinski definition) is 10. The highest BCUT2D eigenvalue weighted by Gasteiger charge is 2.49. The van der Waals surface area contributed by atoms with Crippen molar-refractivity contribution in [1.82, 2.24) is 30.0 Å². The van der Waals surface area contributed by atoms with Crippen LogP contribution in [0.1, 0.15) is 37.7 Å². The van der Waals surface area contributed by atoms with Gasteiger partial charge in [-0.2, -0.15) is 15.1 Å². The van der Waals surface area contributed by atoms with Crippen molar-refractivity contribution in [3.63, 3.8) is 0 Å². The van der Waals surface area contributed by atoms with Gasteiger partial charge in [-0.25, -0.2) is 13.6 Å². The number of fused-ring (bicyclic) bond motifs is 7. The molecule has 11 nitrogen and oxygen atoms in total. The van der Waals surface area contributed by atoms with E-state index < -0.39 is 29.8 Å². The van der Waals surface area contributed by atoms with Crippen LogP contribution in [0.2, 0.25) is 5.02 Å². The number of ether oxygens (including phenoxy) is 3. The van der Waals surface area contributed by atoms with Gasteiger partial charge >= 0.3 is 12.2 Å². The van der Waals surface area contributed by atoms with Gasteiger partial charge in [-0.1, -0.05) is 17.7 Å². The smallest absolute Gasteiger partial charge is 0.461 e. The van der Waals surface area contributed by atoms with E-state index in [2.05, 4.69) is 25.1 Å². The molecule has 234 valence electrons. The Morgan fingerprint density at radius 3 is 3.00 bits per heavy atom. The number of aromatic amines is 1. The summed E-state index contributed by atoms with van der Waals surface area (Å²) >= 11 is 6.69. The van der Waals surface area contributed by atoms with E-state index in [1.807, 2.05) is 4.90 Å². The average molecular weight is 638 g/mol. The monoisotopic (exact) mass is 637 g/mol. The third-order valence-corrected chi connectivity index (χ3v) is 9.68. The van der Waals surface area contributed by atoms with Crippen molar-refractivity contribution in [2.45, 2.75) is 49.9 Å². The number of hydrogen-bond donors (Lipinski definition) is 1. The van der Waals surface area contributed by atoms with Crippen LogP contribution in [-0.2, 0) is 9.47 Å². The van der Waals surface area contributed by atoms with Gasteiger partial charge in [-0.05, 0) is 44.4 Å². The lowest BCUT2D eigenvalue weighted by molar-refractivity contribution is 0.0248. The van der Waals surface area contributed by atoms with Gasteiger partial charge in [0.15, 0.2) is 5.82 Å². The summed E-state index contributed by atoms with van der Waals surface area (Å²) in [5, 5.41) is 8.33. The van der Waals surface area contributed by atoms with Gasteiger partial charge in [0.2, 0.25) is 0 Å². The SMILES string of the molecule is O=C1OC/C=C/c2c(Cl)cc3[nH]ncc3c2-c2ncc3c(nc(OC[C@]45CCCN4C[C@H](F)C5)nc3c2F)N2CCC[C@@H](C2)O1. The predicted molar refractivity (Wildman–Crippen MR) is 163 cm³/mol. The molecule has 0 amide bonds. The number of H-pyrrole nitrogens is 1. The summed E-state index contributed by atoms with van der Waals surface area (Å²) in [4.78, 5) is 30.6. The van der Waals surface area contributed by atoms with E-state index in [1.54, 1.807) is 30.6 Å². The molecule has 5 aliphatic heterocycles. The molecule has 3 atom stereocenters. The maximum Gasteiger partial charge on any atom is 0.508 e. The number of anilines is 1. The number of rotatable bonds is 3. The highest BCUT2D eigenvalue weighted by molar-refractivity contribution is 6.33. The summed E-state index contributed by atoms with van der Waals surface area (Å²) in [6.45, 7) is 2.21. The van der Waals surface area contributed by atoms with Crippen LogP contribution in [0.3, 0.4) is 0 Å². The molecule has 1 N–H and O–H groups in total. The van der Waals surface area contributed by atoms with E-state index in [0.29, 0.717) is 77.2 Å². The first-order chi connectivity index (χ1) is 21.9. The summed E-state index contributed by atoms with van der Waals surface area (Å²) in [7, 11) is 0. The summed E-state index contributed by atoms with van der Waals surface area (Å²) in [6, 6.07) is 1.68. The second kappa shape index (κ2) is 11.1. The van der Waals surface area contributed by atoms with E-state index in [4.69, 9.17) is 30.8 Å². The number of benzene rings is 1. The van der Waals surface area contributed by atoms with Crippen molar-refractivity contribution in [2.75, 3.05) is 44.3 Å². The quantitative estimate of drug-likeness (QED) is 0.290. The van der Waals surface area contributed by atoms with Crippen LogP contribution in [0.4, 0.5) is 19.4 Å². The molecule has 3 fully saturated rings. The molecular weight excluding hydrogens is 608 g/mol. The molecular formula is C31H30ClF2N7O4. The molecule has 8 heterocycles. The lowest BCUT2D eigenvalue weighted by Crippen LogP contribution is -2.43. The Hall–Kier alpha value is -4.10. The second-order valence-electron chi connectivity index (χ2n) is 12.1. The van der Waals surface area contributed by atoms with Gasteiger partial charge in [0.1, 0.15) is 42.5 Å². The number of nitrogens with zero attached hydrogens (tertiary/aromatic N) is 6. The Morgan fingerprint density at radius 1 is 1.18 bits per heavy atom. The molecule has 14 heteroatoms. The minimum atomic E-state index is -0.919. The third kappa shape index (κ3) is 4.92. The molecule has 5 aliphatic rings. The molecule has 0 spiro atoms. The molecule has 3 saturated heterocycles. The van der Waals surface area contributed by atoms with Crippen LogP contribution >= 0.6 is 11.6 Å². The highest BCUT2D eigenvalue weighted by Crippen LogP contribution is 2.42. The number of alkyl halides is 1. The average Bonchev–Trinajstić information content (AvgIpc) is 3.72. The van der Waals surface area contributed by atoms with Crippen molar-refractivity contribution in [3.8, 4) is 17.3 Å². The standard InChI is InChI=1S/C31H30ClF2N7O4/c32-22-10-23-20(13-36-39-23)24-19(22)5-2-9-43-30(42)45-18-4-1-7-40(15-18)28-21-12-35-27(24)25(34)26(21)37-29(38-28)44-16-31-6-3-8-41(31)14-17(33)11-31/h2,5,10,12-13,17-18H,1,3-4,6-9,11,14-16H2,(H,36,39)/b5-2+/t17-,18+,31-/m1/s1. The molecule has 0 aliphatic carbocycles. The predicted octanol–water partition coefficient (Wildman–Crippen LogP) is 5.46. The summed E-state index contributed by atoms with van der Waals surface area (Å²) in [5.74, 6) is -0.258. The number of carbonyl (C=O) groups excluding carboxylic acids is 1. The van der Waals surface area contributed by atoms with E-state index in [0.717, 1.165) is 19.4 Å². The normalized spacial score (nSPS) is 25.8. The Labute approximate surface area is 261 Å². The van der Waals surface area contributed by atoms with Crippen LogP contribution in [0, 0.1) is 5.82 Å². The topological polar surface area (TPSA) is 119 Å². The largest absolute Gasteiger partial charge is 0.508 e. The third-order valence-electron chi connectivity index (χ3n) is 9.37. The minimum Gasteiger partial charge on any atom is -0.461 e. The number of nitrogens with one attached hydrogen (secondary N) is 1. The Morgan fingerprint density at radius 2 is 2.09 bits per heavy atom. The summed E-state index contributed by atoms with van der Waals surface area (Å²) < 4.78 is 48.5. The lowest BCUT2D eigenvalue weighted by atomic mass is 9.95. The van der Waals surface area contributed by atoms with E-state index in [-0.39, 0.29) is 30.4 Å². The molecule has 0 saturated carbocycles. The molecule has 0 unspecified atom stereocenters. The van der Waals surface area contributed by atoms with Crippen molar-refractivity contribution in [1.29, 1.82) is 0 Å². The van der Waals surface area contributed by atoms with E-state index in [9.17, 15) is 9.18 Å². The summed E-state index contributed by atoms with van der Waals surface area (Å²) in [5.41, 5.74) is 1.07. The van der Waals surface area contributed by atoms with Crippen molar-refractivity contribution >= 4 is 51.5 Å². The van der Waals surface area contributed by atoms with Gasteiger partial charge < -0.3 is 19.1 Å². The first-order valence-corrected chi connectivity index (χ1v) is 15.6. The lowest BCUT2D eigenvalue weighted by Gasteiger charge is -2.34. The van der Waals surface area contributed by atoms with Crippen LogP contribution in [0.15, 0.2) is 24.5 Å². The number of piperidine rings is 1. The van der Waals surface area contributed by atoms with Crippen LogP contribution in [-0.4, -0.2) is 93.4 Å². The Balaban J connectivity index is 1.30. The van der Waals surface area contributed by atoms with Crippen LogP contribution < -0.4 is 9.64 Å². The number of carbonyl (C=O) groups is 1. The van der Waals surface area contributed by atoms with Gasteiger partial charge in [0, 0.05) is 42.2 Å². The van der Waals surface area contributed by atoms with E-state index >= 15 is 4.39 Å². The van der Waals surface area contributed by atoms with Crippen molar-refractivity contribution in [3.05, 3.63) is 40.9 Å². The molecule has 6 bridgehead atoms. The highest BCUT2D eigenvalue weighted by atomic mass is 35.5. The minimum absolute atomic E-state index is 0.0136. The molecule has 1 aromatic carbocycles. The van der Waals surface area contributed by atoms with Crippen molar-refractivity contribution < 1.29 is 27.8 Å². The zero-order valence-electron chi connectivity index (χ0n) is 24.3. The molecule has 3 aromatic heterocycles.